The maximum Gasteiger partial charge on any atom is 0.248 e. The lowest BCUT2D eigenvalue weighted by Gasteiger charge is -2.32. The second kappa shape index (κ2) is 7.33. The molecule has 0 aliphatic carbocycles. The fraction of sp³-hybridized carbons (Fsp3) is 0.833. The summed E-state index contributed by atoms with van der Waals surface area (Å²) >= 11 is 0. The number of rotatable bonds is 5. The molecule has 0 aromatic carbocycles. The van der Waals surface area contributed by atoms with Crippen molar-refractivity contribution in [3.05, 3.63) is 0 Å². The van der Waals surface area contributed by atoms with Gasteiger partial charge in [0.05, 0.1) is 6.04 Å². The smallest absolute Gasteiger partial charge is 0.248 e. The van der Waals surface area contributed by atoms with E-state index in [0.717, 1.165) is 12.8 Å². The Morgan fingerprint density at radius 2 is 2.00 bits per heavy atom. The van der Waals surface area contributed by atoms with Gasteiger partial charge in [-0.25, -0.2) is 0 Å². The zero-order valence-electron chi connectivity index (χ0n) is 11.4. The molecule has 0 radical (unpaired) electrons. The topological polar surface area (TPSA) is 70.7 Å². The molecule has 0 aromatic rings. The van der Waals surface area contributed by atoms with Crippen LogP contribution in [0.3, 0.4) is 0 Å². The minimum absolute atomic E-state index is 0.0131. The number of hydrogen-bond acceptors (Lipinski definition) is 4. The van der Waals surface area contributed by atoms with Gasteiger partial charge < -0.3 is 20.3 Å². The molecule has 2 N–H and O–H groups in total. The molecule has 18 heavy (non-hydrogen) atoms. The minimum atomic E-state index is -0.182. The molecule has 104 valence electrons. The number of methoxy groups -OCH3 is 1. The highest BCUT2D eigenvalue weighted by Gasteiger charge is 2.24. The third-order valence-corrected chi connectivity index (χ3v) is 3.29. The number of likely N-dealkylation sites (tertiary alicyclic amines) is 1. The van der Waals surface area contributed by atoms with Gasteiger partial charge in [-0.15, -0.1) is 0 Å². The van der Waals surface area contributed by atoms with Gasteiger partial charge in [-0.05, 0) is 26.8 Å². The Morgan fingerprint density at radius 3 is 2.50 bits per heavy atom. The van der Waals surface area contributed by atoms with Crippen LogP contribution in [0.15, 0.2) is 0 Å². The van der Waals surface area contributed by atoms with Crippen LogP contribution in [0.4, 0.5) is 0 Å². The molecule has 0 aromatic heterocycles. The Hall–Kier alpha value is -1.14. The second-order valence-corrected chi connectivity index (χ2v) is 4.61. The minimum Gasteiger partial charge on any atom is -0.375 e. The lowest BCUT2D eigenvalue weighted by Crippen LogP contribution is -2.50. The Bertz CT molecular complexity index is 288. The fourth-order valence-electron chi connectivity index (χ4n) is 1.95. The summed E-state index contributed by atoms with van der Waals surface area (Å²) in [5.74, 6) is 0.0324. The van der Waals surface area contributed by atoms with Gasteiger partial charge in [-0.3, -0.25) is 9.59 Å². The monoisotopic (exact) mass is 257 g/mol. The van der Waals surface area contributed by atoms with E-state index >= 15 is 0 Å². The molecular formula is C12H23N3O3. The van der Waals surface area contributed by atoms with Gasteiger partial charge in [0, 0.05) is 26.2 Å². The molecule has 1 unspecified atom stereocenters. The van der Waals surface area contributed by atoms with Crippen LogP contribution in [0.1, 0.15) is 19.8 Å². The molecule has 0 spiro atoms. The van der Waals surface area contributed by atoms with E-state index in [-0.39, 0.29) is 30.5 Å². The highest BCUT2D eigenvalue weighted by Crippen LogP contribution is 2.10. The van der Waals surface area contributed by atoms with Crippen LogP contribution in [-0.2, 0) is 14.3 Å². The molecule has 1 rings (SSSR count). The third kappa shape index (κ3) is 4.27. The van der Waals surface area contributed by atoms with Crippen molar-refractivity contribution in [2.24, 2.45) is 0 Å². The number of nitrogens with one attached hydrogen (secondary N) is 2. The van der Waals surface area contributed by atoms with Crippen LogP contribution in [-0.4, -0.2) is 62.7 Å². The van der Waals surface area contributed by atoms with E-state index in [9.17, 15) is 9.59 Å². The number of carbonyl (C=O) groups is 2. The van der Waals surface area contributed by atoms with Crippen LogP contribution < -0.4 is 10.6 Å². The lowest BCUT2D eigenvalue weighted by molar-refractivity contribution is -0.136. The summed E-state index contributed by atoms with van der Waals surface area (Å²) in [5, 5.41) is 5.90. The maximum atomic E-state index is 11.7. The summed E-state index contributed by atoms with van der Waals surface area (Å²) in [6.07, 6.45) is 1.61. The van der Waals surface area contributed by atoms with Crippen molar-refractivity contribution in [2.75, 3.05) is 33.9 Å². The first-order valence-corrected chi connectivity index (χ1v) is 6.32. The van der Waals surface area contributed by atoms with E-state index in [0.29, 0.717) is 13.1 Å². The summed E-state index contributed by atoms with van der Waals surface area (Å²) in [7, 11) is 3.28. The first-order chi connectivity index (χ1) is 8.58. The van der Waals surface area contributed by atoms with Crippen LogP contribution in [0.2, 0.25) is 0 Å². The van der Waals surface area contributed by atoms with Gasteiger partial charge in [-0.1, -0.05) is 0 Å². The third-order valence-electron chi connectivity index (χ3n) is 3.29. The van der Waals surface area contributed by atoms with Crippen LogP contribution in [0.5, 0.6) is 0 Å². The average molecular weight is 257 g/mol. The predicted molar refractivity (Wildman–Crippen MR) is 68.1 cm³/mol. The van der Waals surface area contributed by atoms with Crippen LogP contribution >= 0.6 is 0 Å². The molecule has 1 aliphatic rings. The molecule has 0 saturated carbocycles. The summed E-state index contributed by atoms with van der Waals surface area (Å²) in [5.41, 5.74) is 0. The Labute approximate surface area is 108 Å². The Morgan fingerprint density at radius 1 is 1.39 bits per heavy atom. The molecule has 6 nitrogen and oxygen atoms in total. The second-order valence-electron chi connectivity index (χ2n) is 4.61. The molecule has 0 bridgehead atoms. The van der Waals surface area contributed by atoms with Crippen molar-refractivity contribution >= 4 is 11.8 Å². The van der Waals surface area contributed by atoms with E-state index in [4.69, 9.17) is 4.74 Å². The average Bonchev–Trinajstić information content (AvgIpc) is 2.38. The lowest BCUT2D eigenvalue weighted by atomic mass is 10.0. The van der Waals surface area contributed by atoms with Crippen molar-refractivity contribution in [1.82, 2.24) is 15.5 Å². The van der Waals surface area contributed by atoms with Crippen LogP contribution in [0.25, 0.3) is 0 Å². The van der Waals surface area contributed by atoms with Crippen molar-refractivity contribution in [1.29, 1.82) is 0 Å². The largest absolute Gasteiger partial charge is 0.375 e. The molecule has 1 aliphatic heterocycles. The number of amides is 2. The molecular weight excluding hydrogens is 234 g/mol. The fourth-order valence-corrected chi connectivity index (χ4v) is 1.95. The first-order valence-electron chi connectivity index (χ1n) is 6.32. The maximum absolute atomic E-state index is 11.7. The number of ether oxygens (including phenoxy) is 1. The number of hydrogen-bond donors (Lipinski definition) is 2. The molecule has 6 heteroatoms. The Kier molecular flexibility index (Phi) is 6.07. The quantitative estimate of drug-likeness (QED) is 0.686. The first kappa shape index (κ1) is 14.9. The van der Waals surface area contributed by atoms with E-state index in [1.165, 1.54) is 7.11 Å². The van der Waals surface area contributed by atoms with Gasteiger partial charge in [0.15, 0.2) is 0 Å². The van der Waals surface area contributed by atoms with E-state index in [1.807, 2.05) is 6.92 Å². The molecule has 1 fully saturated rings. The van der Waals surface area contributed by atoms with E-state index < -0.39 is 0 Å². The van der Waals surface area contributed by atoms with Crippen molar-refractivity contribution in [3.63, 3.8) is 0 Å². The summed E-state index contributed by atoms with van der Waals surface area (Å²) < 4.78 is 4.83. The van der Waals surface area contributed by atoms with Crippen molar-refractivity contribution in [3.8, 4) is 0 Å². The molecule has 1 heterocycles. The predicted octanol–water partition coefficient (Wildman–Crippen LogP) is -0.652. The zero-order chi connectivity index (χ0) is 13.5. The number of carbonyl (C=O) groups excluding carboxylic acids is 2. The summed E-state index contributed by atoms with van der Waals surface area (Å²) in [6.45, 7) is 3.32. The van der Waals surface area contributed by atoms with Gasteiger partial charge in [-0.2, -0.15) is 0 Å². The summed E-state index contributed by atoms with van der Waals surface area (Å²) in [6, 6.07) is -0.0157. The SMILES string of the molecule is CNC(C)C(=O)NC1CCN(C(=O)COC)CC1. The highest BCUT2D eigenvalue weighted by atomic mass is 16.5. The van der Waals surface area contributed by atoms with E-state index in [2.05, 4.69) is 10.6 Å². The van der Waals surface area contributed by atoms with Gasteiger partial charge >= 0.3 is 0 Å². The highest BCUT2D eigenvalue weighted by molar-refractivity contribution is 5.81. The molecule has 1 saturated heterocycles. The molecule has 1 atom stereocenters. The van der Waals surface area contributed by atoms with Crippen LogP contribution in [0, 0.1) is 0 Å². The normalized spacial score (nSPS) is 18.5. The molecule has 2 amide bonds. The van der Waals surface area contributed by atoms with Crippen molar-refractivity contribution in [2.45, 2.75) is 31.8 Å². The van der Waals surface area contributed by atoms with Crippen molar-refractivity contribution < 1.29 is 14.3 Å². The Balaban J connectivity index is 2.31. The number of nitrogens with zero attached hydrogens (tertiary/aromatic N) is 1. The van der Waals surface area contributed by atoms with Gasteiger partial charge in [0.25, 0.3) is 0 Å². The number of likely N-dealkylation sites (N-methyl/N-ethyl adjacent to an activating group) is 1. The van der Waals surface area contributed by atoms with E-state index in [1.54, 1.807) is 11.9 Å². The standard InChI is InChI=1S/C12H23N3O3/c1-9(13-2)12(17)14-10-4-6-15(7-5-10)11(16)8-18-3/h9-10,13H,4-8H2,1-3H3,(H,14,17). The zero-order valence-corrected chi connectivity index (χ0v) is 11.4. The number of piperidine rings is 1. The van der Waals surface area contributed by atoms with Gasteiger partial charge in [0.1, 0.15) is 6.61 Å². The summed E-state index contributed by atoms with van der Waals surface area (Å²) in [4.78, 5) is 25.1. The van der Waals surface area contributed by atoms with Gasteiger partial charge in [0.2, 0.25) is 11.8 Å².